The summed E-state index contributed by atoms with van der Waals surface area (Å²) in [5, 5.41) is 6.23. The van der Waals surface area contributed by atoms with E-state index in [1.54, 1.807) is 0 Å². The van der Waals surface area contributed by atoms with Crippen molar-refractivity contribution in [2.45, 2.75) is 80.4 Å². The monoisotopic (exact) mass is 407 g/mol. The molecule has 28 heavy (non-hydrogen) atoms. The quantitative estimate of drug-likeness (QED) is 0.383. The Balaban J connectivity index is 0. The highest BCUT2D eigenvalue weighted by atomic mass is 19.3. The fourth-order valence-electron chi connectivity index (χ4n) is 2.15. The minimum atomic E-state index is -2.61. The Morgan fingerprint density at radius 3 is 2.32 bits per heavy atom. The molecule has 2 unspecified atom stereocenters. The molecule has 1 aliphatic heterocycles. The van der Waals surface area contributed by atoms with Crippen LogP contribution >= 0.6 is 0 Å². The second-order valence-electron chi connectivity index (χ2n) is 6.06. The molecule has 1 rings (SSSR count). The van der Waals surface area contributed by atoms with Crippen LogP contribution in [-0.2, 0) is 9.47 Å². The zero-order valence-corrected chi connectivity index (χ0v) is 19.4. The molecule has 0 aliphatic carbocycles. The van der Waals surface area contributed by atoms with Gasteiger partial charge in [-0.15, -0.1) is 0 Å². The minimum Gasteiger partial charge on any atom is -0.473 e. The van der Waals surface area contributed by atoms with Crippen LogP contribution in [0.2, 0.25) is 0 Å². The summed E-state index contributed by atoms with van der Waals surface area (Å²) in [6, 6.07) is -0.128. The Bertz CT molecular complexity index is 443. The van der Waals surface area contributed by atoms with E-state index in [1.165, 1.54) is 6.08 Å². The first-order chi connectivity index (χ1) is 13.4. The topological polar surface area (TPSA) is 45.8 Å². The Morgan fingerprint density at radius 1 is 1.21 bits per heavy atom. The fourth-order valence-corrected chi connectivity index (χ4v) is 2.15. The molecular formula is C21H43F2N3O2. The third-order valence-electron chi connectivity index (χ3n) is 3.74. The molecule has 0 bridgehead atoms. The van der Waals surface area contributed by atoms with Crippen LogP contribution in [0.4, 0.5) is 8.78 Å². The van der Waals surface area contributed by atoms with Gasteiger partial charge in [-0.05, 0) is 39.9 Å². The van der Waals surface area contributed by atoms with Gasteiger partial charge >= 0.3 is 0 Å². The van der Waals surface area contributed by atoms with Crippen molar-refractivity contribution in [2.24, 2.45) is 0 Å². The number of halogens is 2. The van der Waals surface area contributed by atoms with Gasteiger partial charge in [0.15, 0.2) is 5.88 Å². The van der Waals surface area contributed by atoms with Crippen molar-refractivity contribution < 1.29 is 18.3 Å². The van der Waals surface area contributed by atoms with Gasteiger partial charge < -0.3 is 20.1 Å². The summed E-state index contributed by atoms with van der Waals surface area (Å²) in [6.07, 6.45) is -0.500. The third-order valence-corrected chi connectivity index (χ3v) is 3.74. The van der Waals surface area contributed by atoms with Gasteiger partial charge in [-0.3, -0.25) is 4.90 Å². The highest BCUT2D eigenvalue weighted by Crippen LogP contribution is 2.23. The number of nitrogens with zero attached hydrogens (tertiary/aromatic N) is 1. The Morgan fingerprint density at radius 2 is 1.82 bits per heavy atom. The van der Waals surface area contributed by atoms with Crippen molar-refractivity contribution in [3.63, 3.8) is 0 Å². The lowest BCUT2D eigenvalue weighted by Crippen LogP contribution is -2.42. The lowest BCUT2D eigenvalue weighted by Gasteiger charge is -2.30. The highest BCUT2D eigenvalue weighted by Gasteiger charge is 2.26. The molecule has 0 saturated carbocycles. The van der Waals surface area contributed by atoms with E-state index in [-0.39, 0.29) is 23.6 Å². The summed E-state index contributed by atoms with van der Waals surface area (Å²) in [7, 11) is 1.96. The van der Waals surface area contributed by atoms with Crippen LogP contribution in [0, 0.1) is 0 Å². The van der Waals surface area contributed by atoms with Gasteiger partial charge in [-0.2, -0.15) is 0 Å². The average Bonchev–Trinajstić information content (AvgIpc) is 2.70. The third kappa shape index (κ3) is 11.5. The Labute approximate surface area is 171 Å². The van der Waals surface area contributed by atoms with Gasteiger partial charge in [0.25, 0.3) is 6.43 Å². The number of ether oxygens (including phenoxy) is 2. The summed E-state index contributed by atoms with van der Waals surface area (Å²) in [6.45, 7) is 18.3. The summed E-state index contributed by atoms with van der Waals surface area (Å²) >= 11 is 0. The molecule has 0 radical (unpaired) electrons. The van der Waals surface area contributed by atoms with Gasteiger partial charge in [-0.25, -0.2) is 8.78 Å². The molecule has 2 N–H and O–H groups in total. The Hall–Kier alpha value is -1.34. The predicted octanol–water partition coefficient (Wildman–Crippen LogP) is 4.72. The average molecular weight is 408 g/mol. The number of alkyl halides is 2. The summed E-state index contributed by atoms with van der Waals surface area (Å²) in [4.78, 5) is 2.05. The predicted molar refractivity (Wildman–Crippen MR) is 114 cm³/mol. The number of nitrogens with one attached hydrogen (secondary N) is 2. The molecule has 0 saturated heterocycles. The van der Waals surface area contributed by atoms with Gasteiger partial charge in [0.1, 0.15) is 6.10 Å². The van der Waals surface area contributed by atoms with Gasteiger partial charge in [0.2, 0.25) is 0 Å². The van der Waals surface area contributed by atoms with Crippen LogP contribution < -0.4 is 10.6 Å². The molecule has 7 heteroatoms. The molecule has 168 valence electrons. The maximum atomic E-state index is 13.4. The molecular weight excluding hydrogens is 364 g/mol. The van der Waals surface area contributed by atoms with E-state index < -0.39 is 6.43 Å². The first kappa shape index (κ1) is 28.9. The van der Waals surface area contributed by atoms with E-state index in [4.69, 9.17) is 9.47 Å². The van der Waals surface area contributed by atoms with E-state index in [0.29, 0.717) is 19.9 Å². The molecule has 0 aromatic heterocycles. The molecule has 0 aromatic carbocycles. The number of hydrogen-bond acceptors (Lipinski definition) is 5. The van der Waals surface area contributed by atoms with Crippen LogP contribution in [-0.4, -0.2) is 56.9 Å². The van der Waals surface area contributed by atoms with Gasteiger partial charge in [0.05, 0.1) is 24.9 Å². The number of allylic oxidation sites excluding steroid dienone is 2. The summed E-state index contributed by atoms with van der Waals surface area (Å²) in [5.74, 6) is 0.138. The molecule has 0 aromatic rings. The fraction of sp³-hybridized carbons (Fsp3) is 0.810. The number of rotatable bonds is 11. The molecule has 5 nitrogen and oxygen atoms in total. The number of dihydropyridines is 1. The van der Waals surface area contributed by atoms with Crippen LogP contribution in [0.3, 0.4) is 0 Å². The summed E-state index contributed by atoms with van der Waals surface area (Å²) in [5.41, 5.74) is 0.602. The molecule has 0 fully saturated rings. The second-order valence-corrected chi connectivity index (χ2v) is 6.06. The highest BCUT2D eigenvalue weighted by molar-refractivity contribution is 5.34. The van der Waals surface area contributed by atoms with E-state index in [9.17, 15) is 8.78 Å². The zero-order valence-electron chi connectivity index (χ0n) is 19.4. The van der Waals surface area contributed by atoms with Crippen molar-refractivity contribution in [1.82, 2.24) is 15.5 Å². The lowest BCUT2D eigenvalue weighted by molar-refractivity contribution is 0.0145. The van der Waals surface area contributed by atoms with Crippen LogP contribution in [0.25, 0.3) is 0 Å². The van der Waals surface area contributed by atoms with Crippen LogP contribution in [0.15, 0.2) is 23.2 Å². The first-order valence-electron chi connectivity index (χ1n) is 10.6. The van der Waals surface area contributed by atoms with E-state index >= 15 is 0 Å². The standard InChI is InChI=1S/C17H31F2N3O2.2C2H6/c1-6-8-23-10-12(3)24-17-14(16(18)19)9-15(13(4)21-17)20-11-22(5)7-2;2*1-2/h9,12-13,16,20-21H,6-8,10-11H2,1-5H3;2*1-2H3. The largest absolute Gasteiger partial charge is 0.473 e. The van der Waals surface area contributed by atoms with Crippen molar-refractivity contribution in [1.29, 1.82) is 0 Å². The summed E-state index contributed by atoms with van der Waals surface area (Å²) < 4.78 is 37.9. The van der Waals surface area contributed by atoms with E-state index in [2.05, 4.69) is 15.5 Å². The molecule has 0 amide bonds. The lowest BCUT2D eigenvalue weighted by atomic mass is 10.1. The normalized spacial score (nSPS) is 17.0. The van der Waals surface area contributed by atoms with Crippen molar-refractivity contribution in [3.05, 3.63) is 23.2 Å². The second kappa shape index (κ2) is 17.7. The van der Waals surface area contributed by atoms with E-state index in [1.807, 2.05) is 62.4 Å². The van der Waals surface area contributed by atoms with E-state index in [0.717, 1.165) is 18.7 Å². The molecule has 2 atom stereocenters. The Kier molecular flexibility index (Phi) is 18.3. The number of hydrogen-bond donors (Lipinski definition) is 2. The van der Waals surface area contributed by atoms with Crippen molar-refractivity contribution in [3.8, 4) is 0 Å². The van der Waals surface area contributed by atoms with Crippen LogP contribution in [0.1, 0.15) is 61.8 Å². The van der Waals surface area contributed by atoms with Crippen LogP contribution in [0.5, 0.6) is 0 Å². The van der Waals surface area contributed by atoms with Gasteiger partial charge in [-0.1, -0.05) is 41.5 Å². The minimum absolute atomic E-state index is 0.128. The van der Waals surface area contributed by atoms with Crippen molar-refractivity contribution >= 4 is 0 Å². The molecule has 0 spiro atoms. The maximum absolute atomic E-state index is 13.4. The maximum Gasteiger partial charge on any atom is 0.269 e. The first-order valence-corrected chi connectivity index (χ1v) is 10.6. The van der Waals surface area contributed by atoms with Crippen molar-refractivity contribution in [2.75, 3.05) is 33.5 Å². The molecule has 1 heterocycles. The zero-order chi connectivity index (χ0) is 22.1. The SMILES string of the molecule is CC.CC.CCCOCC(C)OC1=C(C(F)F)C=C(NCN(C)CC)C(C)N1. The molecule has 1 aliphatic rings. The smallest absolute Gasteiger partial charge is 0.269 e. The van der Waals surface area contributed by atoms with Gasteiger partial charge in [0, 0.05) is 12.3 Å².